The summed E-state index contributed by atoms with van der Waals surface area (Å²) in [5.74, 6) is 0.403. The van der Waals surface area contributed by atoms with Gasteiger partial charge in [-0.1, -0.05) is 6.08 Å². The molecule has 0 bridgehead atoms. The molecule has 2 aromatic rings. The molecule has 1 aliphatic carbocycles. The Morgan fingerprint density at radius 2 is 2.06 bits per heavy atom. The van der Waals surface area contributed by atoms with Crippen LogP contribution in [0.25, 0.3) is 16.5 Å². The van der Waals surface area contributed by atoms with E-state index in [9.17, 15) is 5.11 Å². The Balaban J connectivity index is 2.24. The Labute approximate surface area is 94.6 Å². The number of aromatic amines is 1. The van der Waals surface area contributed by atoms with Crippen LogP contribution in [0.5, 0.6) is 5.75 Å². The zero-order valence-corrected chi connectivity index (χ0v) is 9.16. The molecule has 2 heteroatoms. The standard InChI is InChI=1S/C14H15NO/c16-13-7-6-12-11(8-9-15-12)14(13)10-4-2-1-3-5-10/h4,6-9,15-16H,1-3,5H2. The summed E-state index contributed by atoms with van der Waals surface area (Å²) in [5, 5.41) is 11.2. The number of H-pyrrole nitrogens is 1. The number of phenolic OH excluding ortho intramolecular Hbond substituents is 1. The smallest absolute Gasteiger partial charge is 0.123 e. The van der Waals surface area contributed by atoms with Crippen molar-refractivity contribution in [2.75, 3.05) is 0 Å². The van der Waals surface area contributed by atoms with E-state index in [4.69, 9.17) is 0 Å². The second-order valence-electron chi connectivity index (χ2n) is 4.37. The number of hydrogen-bond donors (Lipinski definition) is 2. The molecule has 16 heavy (non-hydrogen) atoms. The minimum Gasteiger partial charge on any atom is -0.507 e. The Bertz CT molecular complexity index is 551. The van der Waals surface area contributed by atoms with Gasteiger partial charge in [-0.2, -0.15) is 0 Å². The number of rotatable bonds is 1. The lowest BCUT2D eigenvalue weighted by atomic mass is 9.91. The van der Waals surface area contributed by atoms with E-state index in [0.717, 1.165) is 29.3 Å². The van der Waals surface area contributed by atoms with Crippen LogP contribution in [0.15, 0.2) is 30.5 Å². The number of aromatic nitrogens is 1. The first-order chi connectivity index (χ1) is 7.86. The molecule has 0 unspecified atom stereocenters. The molecule has 2 nitrogen and oxygen atoms in total. The van der Waals surface area contributed by atoms with Crippen molar-refractivity contribution in [3.63, 3.8) is 0 Å². The predicted octanol–water partition coefficient (Wildman–Crippen LogP) is 3.83. The van der Waals surface area contributed by atoms with Gasteiger partial charge in [0, 0.05) is 22.7 Å². The number of fused-ring (bicyclic) bond motifs is 1. The van der Waals surface area contributed by atoms with E-state index < -0.39 is 0 Å². The van der Waals surface area contributed by atoms with E-state index in [-0.39, 0.29) is 0 Å². The van der Waals surface area contributed by atoms with Gasteiger partial charge in [0.25, 0.3) is 0 Å². The topological polar surface area (TPSA) is 36.0 Å². The van der Waals surface area contributed by atoms with Crippen LogP contribution in [0, 0.1) is 0 Å². The Morgan fingerprint density at radius 1 is 1.12 bits per heavy atom. The lowest BCUT2D eigenvalue weighted by Gasteiger charge is -2.15. The number of phenols is 1. The molecule has 82 valence electrons. The van der Waals surface area contributed by atoms with Crippen LogP contribution in [-0.2, 0) is 0 Å². The largest absolute Gasteiger partial charge is 0.507 e. The Hall–Kier alpha value is -1.70. The fourth-order valence-electron chi connectivity index (χ4n) is 2.52. The first-order valence-corrected chi connectivity index (χ1v) is 5.85. The van der Waals surface area contributed by atoms with Crippen molar-refractivity contribution in [2.24, 2.45) is 0 Å². The Kier molecular flexibility index (Phi) is 2.21. The van der Waals surface area contributed by atoms with Crippen molar-refractivity contribution in [3.05, 3.63) is 36.0 Å². The van der Waals surface area contributed by atoms with Gasteiger partial charge >= 0.3 is 0 Å². The van der Waals surface area contributed by atoms with Crippen LogP contribution in [-0.4, -0.2) is 10.1 Å². The molecule has 1 heterocycles. The van der Waals surface area contributed by atoms with Crippen LogP contribution in [0.3, 0.4) is 0 Å². The third-order valence-corrected chi connectivity index (χ3v) is 3.32. The maximum Gasteiger partial charge on any atom is 0.123 e. The molecule has 0 amide bonds. The third-order valence-electron chi connectivity index (χ3n) is 3.32. The molecule has 1 aliphatic rings. The number of hydrogen-bond acceptors (Lipinski definition) is 1. The summed E-state index contributed by atoms with van der Waals surface area (Å²) in [7, 11) is 0. The first-order valence-electron chi connectivity index (χ1n) is 5.85. The molecule has 0 aliphatic heterocycles. The summed E-state index contributed by atoms with van der Waals surface area (Å²) in [6.45, 7) is 0. The van der Waals surface area contributed by atoms with Gasteiger partial charge in [-0.3, -0.25) is 0 Å². The van der Waals surface area contributed by atoms with Crippen LogP contribution < -0.4 is 0 Å². The minimum atomic E-state index is 0.403. The lowest BCUT2D eigenvalue weighted by Crippen LogP contribution is -1.93. The number of aromatic hydroxyl groups is 1. The van der Waals surface area contributed by atoms with Gasteiger partial charge in [0.2, 0.25) is 0 Å². The van der Waals surface area contributed by atoms with E-state index in [0.29, 0.717) is 5.75 Å². The van der Waals surface area contributed by atoms with Crippen molar-refractivity contribution in [2.45, 2.75) is 25.7 Å². The molecule has 0 spiro atoms. The van der Waals surface area contributed by atoms with Gasteiger partial charge < -0.3 is 10.1 Å². The Morgan fingerprint density at radius 3 is 2.88 bits per heavy atom. The van der Waals surface area contributed by atoms with Crippen LogP contribution in [0.4, 0.5) is 0 Å². The van der Waals surface area contributed by atoms with Gasteiger partial charge in [0.05, 0.1) is 0 Å². The molecule has 1 aromatic heterocycles. The number of nitrogens with one attached hydrogen (secondary N) is 1. The minimum absolute atomic E-state index is 0.403. The molecule has 2 N–H and O–H groups in total. The van der Waals surface area contributed by atoms with E-state index in [2.05, 4.69) is 11.1 Å². The van der Waals surface area contributed by atoms with Gasteiger partial charge in [0.15, 0.2) is 0 Å². The van der Waals surface area contributed by atoms with E-state index in [1.165, 1.54) is 18.4 Å². The van der Waals surface area contributed by atoms with E-state index >= 15 is 0 Å². The van der Waals surface area contributed by atoms with Crippen molar-refractivity contribution < 1.29 is 5.11 Å². The highest BCUT2D eigenvalue weighted by molar-refractivity contribution is 5.95. The second-order valence-corrected chi connectivity index (χ2v) is 4.37. The van der Waals surface area contributed by atoms with Crippen LogP contribution >= 0.6 is 0 Å². The average Bonchev–Trinajstić information content (AvgIpc) is 2.78. The van der Waals surface area contributed by atoms with Crippen LogP contribution in [0.2, 0.25) is 0 Å². The van der Waals surface area contributed by atoms with E-state index in [1.807, 2.05) is 18.3 Å². The molecule has 0 atom stereocenters. The fraction of sp³-hybridized carbons (Fsp3) is 0.286. The first kappa shape index (κ1) is 9.52. The summed E-state index contributed by atoms with van der Waals surface area (Å²) in [6, 6.07) is 5.75. The molecular formula is C14H15NO. The normalized spacial score (nSPS) is 16.4. The summed E-state index contributed by atoms with van der Waals surface area (Å²) in [4.78, 5) is 3.19. The maximum atomic E-state index is 10.0. The molecule has 0 radical (unpaired) electrons. The highest BCUT2D eigenvalue weighted by atomic mass is 16.3. The summed E-state index contributed by atoms with van der Waals surface area (Å²) >= 11 is 0. The van der Waals surface area contributed by atoms with Gasteiger partial charge in [-0.05, 0) is 49.5 Å². The summed E-state index contributed by atoms with van der Waals surface area (Å²) < 4.78 is 0. The zero-order chi connectivity index (χ0) is 11.0. The zero-order valence-electron chi connectivity index (χ0n) is 9.16. The number of allylic oxidation sites excluding steroid dienone is 2. The van der Waals surface area contributed by atoms with Crippen molar-refractivity contribution in [1.82, 2.24) is 4.98 Å². The van der Waals surface area contributed by atoms with Gasteiger partial charge in [-0.25, -0.2) is 0 Å². The highest BCUT2D eigenvalue weighted by Crippen LogP contribution is 2.37. The van der Waals surface area contributed by atoms with Gasteiger partial charge in [-0.15, -0.1) is 0 Å². The molecule has 0 fully saturated rings. The van der Waals surface area contributed by atoms with Crippen LogP contribution in [0.1, 0.15) is 31.2 Å². The fourth-order valence-corrected chi connectivity index (χ4v) is 2.52. The second kappa shape index (κ2) is 3.71. The van der Waals surface area contributed by atoms with E-state index in [1.54, 1.807) is 6.07 Å². The third kappa shape index (κ3) is 1.42. The monoisotopic (exact) mass is 213 g/mol. The molecule has 3 rings (SSSR count). The maximum absolute atomic E-state index is 10.0. The predicted molar refractivity (Wildman–Crippen MR) is 66.4 cm³/mol. The molecule has 0 saturated heterocycles. The quantitative estimate of drug-likeness (QED) is 0.742. The molecule has 0 saturated carbocycles. The highest BCUT2D eigenvalue weighted by Gasteiger charge is 2.14. The van der Waals surface area contributed by atoms with Gasteiger partial charge in [0.1, 0.15) is 5.75 Å². The average molecular weight is 213 g/mol. The summed E-state index contributed by atoms with van der Waals surface area (Å²) in [5.41, 5.74) is 3.42. The van der Waals surface area contributed by atoms with Crippen molar-refractivity contribution >= 4 is 16.5 Å². The molecular weight excluding hydrogens is 198 g/mol. The van der Waals surface area contributed by atoms with Crippen molar-refractivity contribution in [1.29, 1.82) is 0 Å². The summed E-state index contributed by atoms with van der Waals surface area (Å²) in [6.07, 6.45) is 8.91. The molecule has 1 aromatic carbocycles. The van der Waals surface area contributed by atoms with Crippen molar-refractivity contribution in [3.8, 4) is 5.75 Å². The number of benzene rings is 1. The SMILES string of the molecule is Oc1ccc2[nH]ccc2c1C1=CCCCC1. The lowest BCUT2D eigenvalue weighted by molar-refractivity contribution is 0.474.